The van der Waals surface area contributed by atoms with Gasteiger partial charge in [-0.25, -0.2) is 4.79 Å². The van der Waals surface area contributed by atoms with Crippen molar-refractivity contribution in [2.75, 3.05) is 37.6 Å². The number of benzene rings is 1. The topological polar surface area (TPSA) is 116 Å². The highest BCUT2D eigenvalue weighted by molar-refractivity contribution is 5.82. The van der Waals surface area contributed by atoms with Crippen molar-refractivity contribution in [2.45, 2.75) is 6.18 Å². The molecule has 0 aliphatic carbocycles. The number of amides is 1. The van der Waals surface area contributed by atoms with Crippen LogP contribution in [0.4, 0.5) is 18.9 Å². The highest BCUT2D eigenvalue weighted by Gasteiger charge is 2.38. The quantitative estimate of drug-likeness (QED) is 0.717. The molecule has 11 heteroatoms. The zero-order valence-corrected chi connectivity index (χ0v) is 13.7. The van der Waals surface area contributed by atoms with Crippen molar-refractivity contribution in [3.63, 3.8) is 0 Å². The normalized spacial score (nSPS) is 14.8. The largest absolute Gasteiger partial charge is 0.490 e. The molecule has 2 heterocycles. The van der Waals surface area contributed by atoms with E-state index in [2.05, 4.69) is 27.2 Å². The van der Waals surface area contributed by atoms with E-state index < -0.39 is 12.1 Å². The summed E-state index contributed by atoms with van der Waals surface area (Å²) >= 11 is 0. The van der Waals surface area contributed by atoms with Gasteiger partial charge in [0.15, 0.2) is 0 Å². The average Bonchev–Trinajstić information content (AvgIpc) is 3.08. The van der Waals surface area contributed by atoms with E-state index in [9.17, 15) is 18.0 Å². The summed E-state index contributed by atoms with van der Waals surface area (Å²) in [6.07, 6.45) is -3.26. The average molecular weight is 373 g/mol. The van der Waals surface area contributed by atoms with E-state index in [-0.39, 0.29) is 12.5 Å². The zero-order valence-electron chi connectivity index (χ0n) is 13.7. The number of nitrogens with two attached hydrogens (primary N) is 1. The molecular weight excluding hydrogens is 355 g/mol. The van der Waals surface area contributed by atoms with Crippen LogP contribution in [0.2, 0.25) is 0 Å². The van der Waals surface area contributed by atoms with Crippen molar-refractivity contribution in [3.8, 4) is 0 Å². The van der Waals surface area contributed by atoms with Gasteiger partial charge in [0.25, 0.3) is 0 Å². The zero-order chi connectivity index (χ0) is 19.3. The number of H-pyrrole nitrogens is 1. The molecule has 1 aromatic carbocycles. The maximum Gasteiger partial charge on any atom is 0.490 e. The monoisotopic (exact) mass is 373 g/mol. The molecule has 1 amide bonds. The standard InChI is InChI=1S/C13H17N5O.C2HF3O2/c14-8-13(19)18-5-3-17(4-6-18)11-1-2-12-10(7-11)9-15-16-12;3-2(4,5)1(6)7/h1-2,7,9H,3-6,8,14H2,(H,15,16);(H,6,7). The summed E-state index contributed by atoms with van der Waals surface area (Å²) in [6.45, 7) is 3.25. The van der Waals surface area contributed by atoms with Crippen LogP contribution in [-0.2, 0) is 9.59 Å². The lowest BCUT2D eigenvalue weighted by Crippen LogP contribution is -2.50. The van der Waals surface area contributed by atoms with Crippen molar-refractivity contribution in [2.24, 2.45) is 5.73 Å². The molecule has 1 aliphatic heterocycles. The minimum absolute atomic E-state index is 0.0323. The first-order valence-electron chi connectivity index (χ1n) is 7.68. The minimum atomic E-state index is -5.08. The predicted molar refractivity (Wildman–Crippen MR) is 87.6 cm³/mol. The minimum Gasteiger partial charge on any atom is -0.475 e. The molecule has 1 aliphatic rings. The Morgan fingerprint density at radius 1 is 1.23 bits per heavy atom. The maximum absolute atomic E-state index is 11.5. The van der Waals surface area contributed by atoms with E-state index in [0.717, 1.165) is 37.1 Å². The number of carboxylic acid groups (broad SMARTS) is 1. The highest BCUT2D eigenvalue weighted by Crippen LogP contribution is 2.21. The van der Waals surface area contributed by atoms with Crippen molar-refractivity contribution in [3.05, 3.63) is 24.4 Å². The number of carbonyl (C=O) groups excluding carboxylic acids is 1. The SMILES string of the molecule is NCC(=O)N1CCN(c2ccc3[nH]ncc3c2)CC1.O=C(O)C(F)(F)F. The van der Waals surface area contributed by atoms with Crippen molar-refractivity contribution >= 4 is 28.5 Å². The summed E-state index contributed by atoms with van der Waals surface area (Å²) < 4.78 is 31.7. The molecule has 0 unspecified atom stereocenters. The molecule has 0 bridgehead atoms. The first-order valence-corrected chi connectivity index (χ1v) is 7.68. The molecule has 0 saturated carbocycles. The van der Waals surface area contributed by atoms with Crippen LogP contribution in [-0.4, -0.2) is 71.0 Å². The molecule has 1 saturated heterocycles. The molecule has 2 aromatic rings. The molecule has 142 valence electrons. The second kappa shape index (κ2) is 8.04. The third kappa shape index (κ3) is 4.85. The number of alkyl halides is 3. The number of nitrogens with one attached hydrogen (secondary N) is 1. The van der Waals surface area contributed by atoms with Gasteiger partial charge in [-0.2, -0.15) is 18.3 Å². The number of anilines is 1. The Kier molecular flexibility index (Phi) is 6.03. The number of aromatic amines is 1. The Labute approximate surface area is 146 Å². The summed E-state index contributed by atoms with van der Waals surface area (Å²) in [4.78, 5) is 24.5. The number of piperazine rings is 1. The lowest BCUT2D eigenvalue weighted by molar-refractivity contribution is -0.192. The lowest BCUT2D eigenvalue weighted by atomic mass is 10.2. The summed E-state index contributed by atoms with van der Waals surface area (Å²) in [5.74, 6) is -2.72. The summed E-state index contributed by atoms with van der Waals surface area (Å²) in [7, 11) is 0. The molecule has 26 heavy (non-hydrogen) atoms. The number of carbonyl (C=O) groups is 2. The Bertz CT molecular complexity index is 769. The Morgan fingerprint density at radius 2 is 1.85 bits per heavy atom. The lowest BCUT2D eigenvalue weighted by Gasteiger charge is -2.36. The molecule has 1 aromatic heterocycles. The van der Waals surface area contributed by atoms with Gasteiger partial charge in [0, 0.05) is 37.3 Å². The van der Waals surface area contributed by atoms with Gasteiger partial charge in [-0.05, 0) is 18.2 Å². The van der Waals surface area contributed by atoms with E-state index in [1.165, 1.54) is 5.69 Å². The van der Waals surface area contributed by atoms with Crippen LogP contribution in [0.3, 0.4) is 0 Å². The number of hydrogen-bond donors (Lipinski definition) is 3. The molecule has 1 fully saturated rings. The van der Waals surface area contributed by atoms with Gasteiger partial charge < -0.3 is 20.6 Å². The number of halogens is 3. The van der Waals surface area contributed by atoms with Crippen molar-refractivity contribution in [1.82, 2.24) is 15.1 Å². The first-order chi connectivity index (χ1) is 12.2. The predicted octanol–water partition coefficient (Wildman–Crippen LogP) is 0.804. The van der Waals surface area contributed by atoms with Gasteiger partial charge in [0.2, 0.25) is 5.91 Å². The Hall–Kier alpha value is -2.82. The first kappa shape index (κ1) is 19.5. The molecule has 0 spiro atoms. The second-order valence-electron chi connectivity index (χ2n) is 5.52. The third-order valence-corrected chi connectivity index (χ3v) is 3.84. The van der Waals surface area contributed by atoms with Gasteiger partial charge in [-0.1, -0.05) is 0 Å². The van der Waals surface area contributed by atoms with Crippen molar-refractivity contribution < 1.29 is 27.9 Å². The van der Waals surface area contributed by atoms with Crippen LogP contribution in [0.25, 0.3) is 10.9 Å². The summed E-state index contributed by atoms with van der Waals surface area (Å²) in [5.41, 5.74) is 7.60. The molecule has 3 rings (SSSR count). The van der Waals surface area contributed by atoms with Crippen molar-refractivity contribution in [1.29, 1.82) is 0 Å². The third-order valence-electron chi connectivity index (χ3n) is 3.84. The van der Waals surface area contributed by atoms with E-state index in [1.54, 1.807) is 0 Å². The van der Waals surface area contributed by atoms with Crippen LogP contribution in [0.15, 0.2) is 24.4 Å². The van der Waals surface area contributed by atoms with Crippen LogP contribution >= 0.6 is 0 Å². The van der Waals surface area contributed by atoms with E-state index in [0.29, 0.717) is 0 Å². The van der Waals surface area contributed by atoms with Gasteiger partial charge in [0.1, 0.15) is 0 Å². The van der Waals surface area contributed by atoms with Gasteiger partial charge >= 0.3 is 12.1 Å². The van der Waals surface area contributed by atoms with Crippen LogP contribution in [0, 0.1) is 0 Å². The van der Waals surface area contributed by atoms with Gasteiger partial charge in [-0.15, -0.1) is 0 Å². The van der Waals surface area contributed by atoms with E-state index in [1.807, 2.05) is 17.2 Å². The summed E-state index contributed by atoms with van der Waals surface area (Å²) in [5, 5.41) is 15.2. The second-order valence-corrected chi connectivity index (χ2v) is 5.52. The molecule has 4 N–H and O–H groups in total. The molecular formula is C15H18F3N5O3. The number of aromatic nitrogens is 2. The molecule has 0 radical (unpaired) electrons. The number of nitrogens with zero attached hydrogens (tertiary/aromatic N) is 3. The maximum atomic E-state index is 11.5. The summed E-state index contributed by atoms with van der Waals surface area (Å²) in [6, 6.07) is 6.25. The fourth-order valence-corrected chi connectivity index (χ4v) is 2.47. The number of carboxylic acids is 1. The smallest absolute Gasteiger partial charge is 0.475 e. The number of rotatable bonds is 2. The van der Waals surface area contributed by atoms with E-state index >= 15 is 0 Å². The Balaban J connectivity index is 0.000000298. The highest BCUT2D eigenvalue weighted by atomic mass is 19.4. The fourth-order valence-electron chi connectivity index (χ4n) is 2.47. The number of aliphatic carboxylic acids is 1. The van der Waals surface area contributed by atoms with E-state index in [4.69, 9.17) is 15.6 Å². The van der Waals surface area contributed by atoms with Crippen LogP contribution in [0.1, 0.15) is 0 Å². The Morgan fingerprint density at radius 3 is 2.38 bits per heavy atom. The molecule has 8 nitrogen and oxygen atoms in total. The van der Waals surface area contributed by atoms with Crippen LogP contribution < -0.4 is 10.6 Å². The fraction of sp³-hybridized carbons (Fsp3) is 0.400. The van der Waals surface area contributed by atoms with Crippen LogP contribution in [0.5, 0.6) is 0 Å². The number of fused-ring (bicyclic) bond motifs is 1. The number of hydrogen-bond acceptors (Lipinski definition) is 5. The molecule has 0 atom stereocenters. The van der Waals surface area contributed by atoms with Gasteiger partial charge in [0.05, 0.1) is 18.3 Å². The van der Waals surface area contributed by atoms with Gasteiger partial charge in [-0.3, -0.25) is 9.89 Å².